The average Bonchev–Trinajstić information content (AvgIpc) is 2.49. The molecule has 0 radical (unpaired) electrons. The van der Waals surface area contributed by atoms with Gasteiger partial charge in [0.2, 0.25) is 0 Å². The molecular weight excluding hydrogens is 402 g/mol. The van der Waals surface area contributed by atoms with Crippen LogP contribution in [0.15, 0.2) is 56.7 Å². The number of sulfonamides is 1. The highest BCUT2D eigenvalue weighted by Gasteiger charge is 2.18. The zero-order valence-electron chi connectivity index (χ0n) is 12.6. The van der Waals surface area contributed by atoms with Gasteiger partial charge in [-0.3, -0.25) is 4.72 Å². The van der Waals surface area contributed by atoms with E-state index in [-0.39, 0.29) is 21.2 Å². The van der Waals surface area contributed by atoms with E-state index in [1.54, 1.807) is 12.1 Å². The van der Waals surface area contributed by atoms with Crippen LogP contribution < -0.4 is 4.72 Å². The van der Waals surface area contributed by atoms with Crippen LogP contribution in [0.3, 0.4) is 0 Å². The third kappa shape index (κ3) is 4.13. The highest BCUT2D eigenvalue weighted by Crippen LogP contribution is 2.28. The molecule has 1 N–H and O–H groups in total. The minimum atomic E-state index is -3.80. The number of nitrogens with one attached hydrogen (secondary N) is 1. The normalized spacial score (nSPS) is 12.1. The lowest BCUT2D eigenvalue weighted by Crippen LogP contribution is -2.14. The number of halogens is 1. The molecule has 2 aromatic carbocycles. The van der Waals surface area contributed by atoms with Crippen molar-refractivity contribution in [3.63, 3.8) is 0 Å². The Morgan fingerprint density at radius 1 is 0.957 bits per heavy atom. The molecule has 0 fully saturated rings. The molecule has 5 nitrogen and oxygen atoms in total. The van der Waals surface area contributed by atoms with Crippen molar-refractivity contribution in [2.45, 2.75) is 23.6 Å². The van der Waals surface area contributed by atoms with E-state index in [0.717, 1.165) is 5.56 Å². The number of aryl methyl sites for hydroxylation is 1. The number of sulfone groups is 1. The van der Waals surface area contributed by atoms with Gasteiger partial charge in [0.25, 0.3) is 10.0 Å². The maximum atomic E-state index is 12.4. The van der Waals surface area contributed by atoms with Gasteiger partial charge in [-0.15, -0.1) is 0 Å². The van der Waals surface area contributed by atoms with E-state index in [4.69, 9.17) is 0 Å². The van der Waals surface area contributed by atoms with Crippen LogP contribution in [0.2, 0.25) is 0 Å². The van der Waals surface area contributed by atoms with Crippen LogP contribution in [-0.2, 0) is 19.9 Å². The number of benzene rings is 2. The molecule has 0 heterocycles. The molecule has 0 spiro atoms. The molecule has 8 heteroatoms. The monoisotopic (exact) mass is 417 g/mol. The van der Waals surface area contributed by atoms with E-state index in [0.29, 0.717) is 4.47 Å². The molecule has 23 heavy (non-hydrogen) atoms. The third-order valence-corrected chi connectivity index (χ3v) is 7.06. The Balaban J connectivity index is 2.43. The topological polar surface area (TPSA) is 80.3 Å². The summed E-state index contributed by atoms with van der Waals surface area (Å²) in [6.07, 6.45) is 0. The van der Waals surface area contributed by atoms with Gasteiger partial charge in [-0.05, 0) is 53.2 Å². The molecule has 0 aliphatic carbocycles. The fourth-order valence-corrected chi connectivity index (χ4v) is 4.32. The van der Waals surface area contributed by atoms with Crippen molar-refractivity contribution in [1.82, 2.24) is 0 Å². The molecule has 0 aliphatic rings. The van der Waals surface area contributed by atoms with Gasteiger partial charge in [-0.2, -0.15) is 0 Å². The smallest absolute Gasteiger partial charge is 0.261 e. The first-order valence-corrected chi connectivity index (χ1v) is 10.7. The predicted molar refractivity (Wildman–Crippen MR) is 93.9 cm³/mol. The van der Waals surface area contributed by atoms with Crippen LogP contribution in [0, 0.1) is 6.92 Å². The average molecular weight is 418 g/mol. The summed E-state index contributed by atoms with van der Waals surface area (Å²) in [6.45, 7) is 3.40. The number of hydrogen-bond acceptors (Lipinski definition) is 4. The zero-order chi connectivity index (χ0) is 17.3. The predicted octanol–water partition coefficient (Wildman–Crippen LogP) is 3.35. The Bertz CT molecular complexity index is 920. The summed E-state index contributed by atoms with van der Waals surface area (Å²) in [6, 6.07) is 10.6. The highest BCUT2D eigenvalue weighted by atomic mass is 79.9. The summed E-state index contributed by atoms with van der Waals surface area (Å²) >= 11 is 3.23. The largest absolute Gasteiger partial charge is 0.278 e. The first-order valence-electron chi connectivity index (χ1n) is 6.77. The Labute approximate surface area is 144 Å². The lowest BCUT2D eigenvalue weighted by atomic mass is 10.2. The summed E-state index contributed by atoms with van der Waals surface area (Å²) in [5.74, 6) is -0.0568. The summed E-state index contributed by atoms with van der Waals surface area (Å²) in [5, 5.41) is 0. The van der Waals surface area contributed by atoms with Crippen molar-refractivity contribution in [2.24, 2.45) is 0 Å². The van der Waals surface area contributed by atoms with Crippen molar-refractivity contribution in [2.75, 3.05) is 10.5 Å². The number of hydrogen-bond donors (Lipinski definition) is 1. The Hall–Kier alpha value is -1.38. The second kappa shape index (κ2) is 6.62. The molecule has 2 rings (SSSR count). The summed E-state index contributed by atoms with van der Waals surface area (Å²) in [4.78, 5) is 0.184. The van der Waals surface area contributed by atoms with E-state index in [9.17, 15) is 16.8 Å². The van der Waals surface area contributed by atoms with Gasteiger partial charge < -0.3 is 0 Å². The Kier molecular flexibility index (Phi) is 5.17. The van der Waals surface area contributed by atoms with Gasteiger partial charge in [-0.25, -0.2) is 16.8 Å². The van der Waals surface area contributed by atoms with E-state index >= 15 is 0 Å². The number of rotatable bonds is 5. The van der Waals surface area contributed by atoms with Crippen molar-refractivity contribution in [3.8, 4) is 0 Å². The summed E-state index contributed by atoms with van der Waals surface area (Å²) in [7, 11) is -7.22. The molecule has 124 valence electrons. The molecule has 0 atom stereocenters. The van der Waals surface area contributed by atoms with Crippen molar-refractivity contribution >= 4 is 41.5 Å². The molecule has 0 unspecified atom stereocenters. The van der Waals surface area contributed by atoms with Crippen LogP contribution >= 0.6 is 15.9 Å². The maximum absolute atomic E-state index is 12.4. The first kappa shape index (κ1) is 18.0. The van der Waals surface area contributed by atoms with Crippen LogP contribution in [0.1, 0.15) is 12.5 Å². The van der Waals surface area contributed by atoms with Crippen molar-refractivity contribution < 1.29 is 16.8 Å². The van der Waals surface area contributed by atoms with Gasteiger partial charge in [0.15, 0.2) is 9.84 Å². The minimum Gasteiger partial charge on any atom is -0.278 e. The van der Waals surface area contributed by atoms with Gasteiger partial charge in [0.05, 0.1) is 21.2 Å². The van der Waals surface area contributed by atoms with Gasteiger partial charge in [0.1, 0.15) is 0 Å². The Morgan fingerprint density at radius 2 is 1.52 bits per heavy atom. The maximum Gasteiger partial charge on any atom is 0.261 e. The quantitative estimate of drug-likeness (QED) is 0.808. The second-order valence-electron chi connectivity index (χ2n) is 4.96. The fourth-order valence-electron chi connectivity index (χ4n) is 1.86. The molecule has 0 aliphatic heterocycles. The fraction of sp³-hybridized carbons (Fsp3) is 0.200. The number of anilines is 1. The Morgan fingerprint density at radius 3 is 2.09 bits per heavy atom. The van der Waals surface area contributed by atoms with Gasteiger partial charge in [-0.1, -0.05) is 24.6 Å². The lowest BCUT2D eigenvalue weighted by molar-refractivity contribution is 0.596. The van der Waals surface area contributed by atoms with Crippen LogP contribution in [0.5, 0.6) is 0 Å². The van der Waals surface area contributed by atoms with Crippen molar-refractivity contribution in [3.05, 3.63) is 52.5 Å². The van der Waals surface area contributed by atoms with Crippen LogP contribution in [0.4, 0.5) is 5.69 Å². The standard InChI is InChI=1S/C15H16BrNO4S2/c1-3-22(18,19)13-8-9-14(16)15(10-13)17-23(20,21)12-6-4-11(2)5-7-12/h4-10,17H,3H2,1-2H3. The first-order chi connectivity index (χ1) is 10.7. The van der Waals surface area contributed by atoms with E-state index in [1.807, 2.05) is 6.92 Å². The van der Waals surface area contributed by atoms with E-state index in [1.165, 1.54) is 37.3 Å². The molecule has 0 bridgehead atoms. The van der Waals surface area contributed by atoms with Crippen LogP contribution in [-0.4, -0.2) is 22.6 Å². The summed E-state index contributed by atoms with van der Waals surface area (Å²) in [5.41, 5.74) is 1.13. The van der Waals surface area contributed by atoms with E-state index < -0.39 is 19.9 Å². The van der Waals surface area contributed by atoms with Crippen LogP contribution in [0.25, 0.3) is 0 Å². The van der Waals surface area contributed by atoms with Gasteiger partial charge in [0, 0.05) is 4.47 Å². The summed E-state index contributed by atoms with van der Waals surface area (Å²) < 4.78 is 51.6. The lowest BCUT2D eigenvalue weighted by Gasteiger charge is -2.12. The van der Waals surface area contributed by atoms with Crippen molar-refractivity contribution in [1.29, 1.82) is 0 Å². The molecule has 0 amide bonds. The second-order valence-corrected chi connectivity index (χ2v) is 9.78. The third-order valence-electron chi connectivity index (χ3n) is 3.25. The molecule has 2 aromatic rings. The molecular formula is C15H16BrNO4S2. The minimum absolute atomic E-state index is 0.0568. The molecule has 0 saturated heterocycles. The highest BCUT2D eigenvalue weighted by molar-refractivity contribution is 9.10. The van der Waals surface area contributed by atoms with E-state index in [2.05, 4.69) is 20.7 Å². The molecule has 0 aromatic heterocycles. The SMILES string of the molecule is CCS(=O)(=O)c1ccc(Br)c(NS(=O)(=O)c2ccc(C)cc2)c1. The van der Waals surface area contributed by atoms with Gasteiger partial charge >= 0.3 is 0 Å². The molecule has 0 saturated carbocycles. The zero-order valence-corrected chi connectivity index (χ0v) is 15.8.